The van der Waals surface area contributed by atoms with Crippen LogP contribution in [0.15, 0.2) is 0 Å². The van der Waals surface area contributed by atoms with Crippen molar-refractivity contribution >= 4 is 5.78 Å². The number of rotatable bonds is 7. The first-order valence-corrected chi connectivity index (χ1v) is 5.36. The molecule has 2 unspecified atom stereocenters. The Labute approximate surface area is 81.9 Å². The van der Waals surface area contributed by atoms with Gasteiger partial charge in [-0.25, -0.2) is 0 Å². The Bertz CT molecular complexity index is 143. The van der Waals surface area contributed by atoms with Gasteiger partial charge in [-0.15, -0.1) is 0 Å². The van der Waals surface area contributed by atoms with Gasteiger partial charge in [0.2, 0.25) is 0 Å². The molecule has 0 aliphatic carbocycles. The topological polar surface area (TPSA) is 43.1 Å². The van der Waals surface area contributed by atoms with Gasteiger partial charge in [0.25, 0.3) is 0 Å². The molecule has 0 aromatic carbocycles. The van der Waals surface area contributed by atoms with E-state index in [1.165, 1.54) is 0 Å². The van der Waals surface area contributed by atoms with Crippen molar-refractivity contribution in [3.63, 3.8) is 0 Å². The van der Waals surface area contributed by atoms with Crippen molar-refractivity contribution in [1.82, 2.24) is 0 Å². The fourth-order valence-electron chi connectivity index (χ4n) is 1.40. The lowest BCUT2D eigenvalue weighted by molar-refractivity contribution is -0.122. The third-order valence-corrected chi connectivity index (χ3v) is 2.34. The monoisotopic (exact) mass is 185 g/mol. The summed E-state index contributed by atoms with van der Waals surface area (Å²) in [4.78, 5) is 11.4. The van der Waals surface area contributed by atoms with Gasteiger partial charge in [-0.05, 0) is 26.2 Å². The smallest absolute Gasteiger partial charge is 0.135 e. The van der Waals surface area contributed by atoms with Crippen LogP contribution < -0.4 is 5.73 Å². The number of carbonyl (C=O) groups is 1. The van der Waals surface area contributed by atoms with Crippen molar-refractivity contribution in [2.24, 2.45) is 11.7 Å². The van der Waals surface area contributed by atoms with Crippen LogP contribution >= 0.6 is 0 Å². The second-order valence-corrected chi connectivity index (χ2v) is 4.03. The molecule has 0 aliphatic rings. The molecule has 0 rings (SSSR count). The lowest BCUT2D eigenvalue weighted by Crippen LogP contribution is -2.16. The number of ketones is 1. The Hall–Kier alpha value is -0.370. The van der Waals surface area contributed by atoms with Gasteiger partial charge in [0.1, 0.15) is 5.78 Å². The Balaban J connectivity index is 3.49. The van der Waals surface area contributed by atoms with Crippen molar-refractivity contribution in [3.05, 3.63) is 0 Å². The van der Waals surface area contributed by atoms with E-state index in [0.29, 0.717) is 5.78 Å². The highest BCUT2D eigenvalue weighted by Gasteiger charge is 2.11. The molecular weight excluding hydrogens is 162 g/mol. The lowest BCUT2D eigenvalue weighted by Gasteiger charge is -2.10. The number of hydrogen-bond acceptors (Lipinski definition) is 2. The highest BCUT2D eigenvalue weighted by atomic mass is 16.1. The molecule has 0 aliphatic heterocycles. The zero-order valence-corrected chi connectivity index (χ0v) is 9.18. The predicted molar refractivity (Wildman–Crippen MR) is 56.6 cm³/mol. The van der Waals surface area contributed by atoms with E-state index in [1.807, 2.05) is 20.8 Å². The molecule has 78 valence electrons. The first-order valence-electron chi connectivity index (χ1n) is 5.36. The molecular formula is C11H23NO. The number of carbonyl (C=O) groups excluding carboxylic acids is 1. The maximum absolute atomic E-state index is 11.4. The molecule has 0 spiro atoms. The average Bonchev–Trinajstić information content (AvgIpc) is 2.04. The van der Waals surface area contributed by atoms with Gasteiger partial charge in [-0.2, -0.15) is 0 Å². The summed E-state index contributed by atoms with van der Waals surface area (Å²) in [5.41, 5.74) is 5.63. The third kappa shape index (κ3) is 6.76. The molecule has 0 aromatic heterocycles. The Morgan fingerprint density at radius 2 is 1.92 bits per heavy atom. The van der Waals surface area contributed by atoms with Crippen molar-refractivity contribution < 1.29 is 4.79 Å². The van der Waals surface area contributed by atoms with E-state index in [2.05, 4.69) is 0 Å². The van der Waals surface area contributed by atoms with Gasteiger partial charge in [-0.3, -0.25) is 4.79 Å². The van der Waals surface area contributed by atoms with Crippen LogP contribution in [0.3, 0.4) is 0 Å². The van der Waals surface area contributed by atoms with Gasteiger partial charge < -0.3 is 5.73 Å². The fraction of sp³-hybridized carbons (Fsp3) is 0.909. The van der Waals surface area contributed by atoms with E-state index < -0.39 is 0 Å². The molecule has 2 atom stereocenters. The lowest BCUT2D eigenvalue weighted by atomic mass is 9.96. The first kappa shape index (κ1) is 12.6. The van der Waals surface area contributed by atoms with Crippen LogP contribution in [0.25, 0.3) is 0 Å². The molecule has 0 saturated heterocycles. The van der Waals surface area contributed by atoms with Gasteiger partial charge in [0, 0.05) is 18.4 Å². The third-order valence-electron chi connectivity index (χ3n) is 2.34. The van der Waals surface area contributed by atoms with Crippen molar-refractivity contribution in [2.45, 2.75) is 58.9 Å². The SMILES string of the molecule is CCCC(=O)C(C)CCCC(C)N. The molecule has 0 heterocycles. The van der Waals surface area contributed by atoms with E-state index in [4.69, 9.17) is 5.73 Å². The molecule has 0 fully saturated rings. The van der Waals surface area contributed by atoms with E-state index in [9.17, 15) is 4.79 Å². The largest absolute Gasteiger partial charge is 0.328 e. The maximum Gasteiger partial charge on any atom is 0.135 e. The highest BCUT2D eigenvalue weighted by molar-refractivity contribution is 5.80. The van der Waals surface area contributed by atoms with Gasteiger partial charge in [0.05, 0.1) is 0 Å². The number of nitrogens with two attached hydrogens (primary N) is 1. The van der Waals surface area contributed by atoms with Crippen LogP contribution in [0.1, 0.15) is 52.9 Å². The Kier molecular flexibility index (Phi) is 6.87. The van der Waals surface area contributed by atoms with Crippen LogP contribution in [0.2, 0.25) is 0 Å². The number of Topliss-reactive ketones (excluding diaryl/α,β-unsaturated/α-hetero) is 1. The molecule has 0 bridgehead atoms. The quantitative estimate of drug-likeness (QED) is 0.662. The normalized spacial score (nSPS) is 15.4. The van der Waals surface area contributed by atoms with Crippen LogP contribution in [-0.4, -0.2) is 11.8 Å². The summed E-state index contributed by atoms with van der Waals surface area (Å²) in [6.07, 6.45) is 4.81. The summed E-state index contributed by atoms with van der Waals surface area (Å²) >= 11 is 0. The van der Waals surface area contributed by atoms with Crippen molar-refractivity contribution in [2.75, 3.05) is 0 Å². The summed E-state index contributed by atoms with van der Waals surface area (Å²) in [6, 6.07) is 0.272. The Morgan fingerprint density at radius 1 is 1.31 bits per heavy atom. The molecule has 0 aromatic rings. The highest BCUT2D eigenvalue weighted by Crippen LogP contribution is 2.12. The first-order chi connectivity index (χ1) is 6.07. The van der Waals surface area contributed by atoms with Gasteiger partial charge >= 0.3 is 0 Å². The molecule has 0 saturated carbocycles. The zero-order valence-electron chi connectivity index (χ0n) is 9.18. The molecule has 2 heteroatoms. The number of hydrogen-bond donors (Lipinski definition) is 1. The van der Waals surface area contributed by atoms with Crippen molar-refractivity contribution in [3.8, 4) is 0 Å². The summed E-state index contributed by atoms with van der Waals surface area (Å²) in [5.74, 6) is 0.644. The average molecular weight is 185 g/mol. The summed E-state index contributed by atoms with van der Waals surface area (Å²) in [7, 11) is 0. The summed E-state index contributed by atoms with van der Waals surface area (Å²) < 4.78 is 0. The van der Waals surface area contributed by atoms with E-state index in [0.717, 1.165) is 32.1 Å². The molecule has 0 radical (unpaired) electrons. The van der Waals surface area contributed by atoms with E-state index >= 15 is 0 Å². The van der Waals surface area contributed by atoms with Crippen LogP contribution in [-0.2, 0) is 4.79 Å². The molecule has 0 amide bonds. The van der Waals surface area contributed by atoms with Crippen LogP contribution in [0.4, 0.5) is 0 Å². The summed E-state index contributed by atoms with van der Waals surface area (Å²) in [6.45, 7) is 6.09. The summed E-state index contributed by atoms with van der Waals surface area (Å²) in [5, 5.41) is 0. The van der Waals surface area contributed by atoms with Gasteiger partial charge in [-0.1, -0.05) is 20.3 Å². The standard InChI is InChI=1S/C11H23NO/c1-4-6-11(13)9(2)7-5-8-10(3)12/h9-10H,4-8,12H2,1-3H3. The minimum Gasteiger partial charge on any atom is -0.328 e. The van der Waals surface area contributed by atoms with Crippen LogP contribution in [0, 0.1) is 5.92 Å². The molecule has 2 N–H and O–H groups in total. The van der Waals surface area contributed by atoms with E-state index in [1.54, 1.807) is 0 Å². The van der Waals surface area contributed by atoms with E-state index in [-0.39, 0.29) is 12.0 Å². The fourth-order valence-corrected chi connectivity index (χ4v) is 1.40. The zero-order chi connectivity index (χ0) is 10.3. The molecule has 13 heavy (non-hydrogen) atoms. The maximum atomic E-state index is 11.4. The predicted octanol–water partition coefficient (Wildman–Crippen LogP) is 2.51. The molecule has 2 nitrogen and oxygen atoms in total. The van der Waals surface area contributed by atoms with Gasteiger partial charge in [0.15, 0.2) is 0 Å². The Morgan fingerprint density at radius 3 is 2.38 bits per heavy atom. The van der Waals surface area contributed by atoms with Crippen LogP contribution in [0.5, 0.6) is 0 Å². The second kappa shape index (κ2) is 7.07. The minimum absolute atomic E-state index is 0.235. The minimum atomic E-state index is 0.235. The van der Waals surface area contributed by atoms with Crippen molar-refractivity contribution in [1.29, 1.82) is 0 Å². The second-order valence-electron chi connectivity index (χ2n) is 4.03.